The lowest BCUT2D eigenvalue weighted by molar-refractivity contribution is -0.386. The molecule has 186 valence electrons. The van der Waals surface area contributed by atoms with E-state index in [0.717, 1.165) is 11.3 Å². The van der Waals surface area contributed by atoms with Crippen molar-refractivity contribution in [3.05, 3.63) is 55.5 Å². The van der Waals surface area contributed by atoms with Gasteiger partial charge in [-0.2, -0.15) is 10.2 Å². The fourth-order valence-corrected chi connectivity index (χ4v) is 4.48. The number of anilines is 1. The van der Waals surface area contributed by atoms with Gasteiger partial charge in [0.15, 0.2) is 5.69 Å². The zero-order chi connectivity index (χ0) is 25.9. The van der Waals surface area contributed by atoms with Crippen molar-refractivity contribution >= 4 is 39.9 Å². The molecule has 0 spiro atoms. The largest absolute Gasteiger partial charge is 0.462 e. The number of amides is 1. The fraction of sp³-hybridized carbons (Fsp3) is 0.381. The molecule has 0 saturated carbocycles. The van der Waals surface area contributed by atoms with Crippen LogP contribution >= 0.6 is 11.3 Å². The molecule has 0 fully saturated rings. The summed E-state index contributed by atoms with van der Waals surface area (Å²) >= 11 is 0.910. The van der Waals surface area contributed by atoms with Gasteiger partial charge in [-0.05, 0) is 46.2 Å². The molecule has 1 N–H and O–H groups in total. The number of carbonyl (C=O) groups is 3. The number of hydrogen-bond donors (Lipinski definition) is 1. The molecule has 0 unspecified atom stereocenters. The first-order valence-electron chi connectivity index (χ1n) is 10.6. The van der Waals surface area contributed by atoms with E-state index in [4.69, 9.17) is 9.47 Å². The van der Waals surface area contributed by atoms with Crippen LogP contribution in [-0.4, -0.2) is 55.5 Å². The first-order valence-corrected chi connectivity index (χ1v) is 11.4. The van der Waals surface area contributed by atoms with E-state index < -0.39 is 22.8 Å². The standard InChI is InChI=1S/C21H24N6O7S/c1-6-33-20(29)15-11(3)17(21(30)34-7-2)35-19(15)22-18(28)14-8-9-25(24-14)10-26-13(5)16(27(31)32)12(4)23-26/h8-9H,6-7,10H2,1-5H3,(H,22,28). The lowest BCUT2D eigenvalue weighted by Crippen LogP contribution is -2.17. The summed E-state index contributed by atoms with van der Waals surface area (Å²) in [7, 11) is 0. The first kappa shape index (κ1) is 25.6. The number of hydrogen-bond acceptors (Lipinski definition) is 10. The SMILES string of the molecule is CCOC(=O)c1sc(NC(=O)c2ccn(Cn3nc(C)c([N+](=O)[O-])c3C)n2)c(C(=O)OCC)c1C. The molecule has 13 nitrogen and oxygen atoms in total. The monoisotopic (exact) mass is 504 g/mol. The van der Waals surface area contributed by atoms with E-state index in [1.807, 2.05) is 0 Å². The van der Waals surface area contributed by atoms with Crippen molar-refractivity contribution < 1.29 is 28.8 Å². The number of carbonyl (C=O) groups excluding carboxylic acids is 3. The molecule has 35 heavy (non-hydrogen) atoms. The fourth-order valence-electron chi connectivity index (χ4n) is 3.40. The summed E-state index contributed by atoms with van der Waals surface area (Å²) in [6.45, 7) is 8.32. The Morgan fingerprint density at radius 3 is 2.37 bits per heavy atom. The minimum atomic E-state index is -0.677. The molecule has 3 aromatic rings. The Balaban J connectivity index is 1.85. The summed E-state index contributed by atoms with van der Waals surface area (Å²) in [6, 6.07) is 1.45. The molecule has 0 bridgehead atoms. The van der Waals surface area contributed by atoms with E-state index in [-0.39, 0.29) is 52.4 Å². The number of ether oxygens (including phenoxy) is 2. The maximum Gasteiger partial charge on any atom is 0.348 e. The second kappa shape index (κ2) is 10.5. The Morgan fingerprint density at radius 2 is 1.77 bits per heavy atom. The van der Waals surface area contributed by atoms with E-state index in [2.05, 4.69) is 15.5 Å². The molecule has 0 atom stereocenters. The Kier molecular flexibility index (Phi) is 7.64. The zero-order valence-electron chi connectivity index (χ0n) is 19.8. The summed E-state index contributed by atoms with van der Waals surface area (Å²) in [5, 5.41) is 22.3. The summed E-state index contributed by atoms with van der Waals surface area (Å²) in [5.41, 5.74) is 0.997. The number of aromatic nitrogens is 4. The maximum absolute atomic E-state index is 12.9. The quantitative estimate of drug-likeness (QED) is 0.262. The number of nitrogens with one attached hydrogen (secondary N) is 1. The number of thiophene rings is 1. The van der Waals surface area contributed by atoms with Gasteiger partial charge in [-0.15, -0.1) is 11.3 Å². The van der Waals surface area contributed by atoms with Crippen LogP contribution in [0.5, 0.6) is 0 Å². The minimum Gasteiger partial charge on any atom is -0.462 e. The molecule has 0 aliphatic heterocycles. The Morgan fingerprint density at radius 1 is 1.11 bits per heavy atom. The van der Waals surface area contributed by atoms with Gasteiger partial charge in [-0.1, -0.05) is 0 Å². The first-order chi connectivity index (χ1) is 16.6. The summed E-state index contributed by atoms with van der Waals surface area (Å²) in [5.74, 6) is -1.90. The highest BCUT2D eigenvalue weighted by atomic mass is 32.1. The molecule has 0 aliphatic carbocycles. The van der Waals surface area contributed by atoms with Crippen LogP contribution < -0.4 is 5.32 Å². The second-order valence-electron chi connectivity index (χ2n) is 7.31. The Bertz CT molecular complexity index is 1310. The van der Waals surface area contributed by atoms with Crippen molar-refractivity contribution in [3.63, 3.8) is 0 Å². The summed E-state index contributed by atoms with van der Waals surface area (Å²) < 4.78 is 12.9. The highest BCUT2D eigenvalue weighted by Gasteiger charge is 2.28. The number of esters is 2. The molecule has 14 heteroatoms. The highest BCUT2D eigenvalue weighted by Crippen LogP contribution is 2.34. The molecule has 0 saturated heterocycles. The number of rotatable bonds is 9. The topological polar surface area (TPSA) is 160 Å². The van der Waals surface area contributed by atoms with Gasteiger partial charge in [-0.25, -0.2) is 14.3 Å². The maximum atomic E-state index is 12.9. The summed E-state index contributed by atoms with van der Waals surface area (Å²) in [4.78, 5) is 48.6. The molecule has 3 aromatic heterocycles. The average Bonchev–Trinajstić information content (AvgIpc) is 3.45. The zero-order valence-corrected chi connectivity index (χ0v) is 20.6. The van der Waals surface area contributed by atoms with Gasteiger partial charge in [0.25, 0.3) is 5.91 Å². The van der Waals surface area contributed by atoms with Crippen LogP contribution in [0, 0.1) is 30.9 Å². The smallest absolute Gasteiger partial charge is 0.348 e. The van der Waals surface area contributed by atoms with Crippen molar-refractivity contribution in [1.29, 1.82) is 0 Å². The van der Waals surface area contributed by atoms with Crippen molar-refractivity contribution in [1.82, 2.24) is 19.6 Å². The van der Waals surface area contributed by atoms with E-state index in [1.54, 1.807) is 27.7 Å². The number of nitrogens with zero attached hydrogens (tertiary/aromatic N) is 5. The van der Waals surface area contributed by atoms with E-state index >= 15 is 0 Å². The van der Waals surface area contributed by atoms with Gasteiger partial charge in [-0.3, -0.25) is 19.6 Å². The molecular formula is C21H24N6O7S. The van der Waals surface area contributed by atoms with E-state index in [9.17, 15) is 24.5 Å². The predicted molar refractivity (Wildman–Crippen MR) is 125 cm³/mol. The van der Waals surface area contributed by atoms with Crippen LogP contribution in [0.15, 0.2) is 12.3 Å². The van der Waals surface area contributed by atoms with Crippen molar-refractivity contribution in [2.75, 3.05) is 18.5 Å². The third-order valence-electron chi connectivity index (χ3n) is 4.99. The predicted octanol–water partition coefficient (Wildman–Crippen LogP) is 3.09. The third-order valence-corrected chi connectivity index (χ3v) is 6.18. The minimum absolute atomic E-state index is 0.0274. The van der Waals surface area contributed by atoms with Crippen molar-refractivity contribution in [2.45, 2.75) is 41.3 Å². The van der Waals surface area contributed by atoms with Gasteiger partial charge in [0.1, 0.15) is 27.9 Å². The average molecular weight is 505 g/mol. The van der Waals surface area contributed by atoms with Crippen molar-refractivity contribution in [2.24, 2.45) is 0 Å². The van der Waals surface area contributed by atoms with Crippen LogP contribution in [0.25, 0.3) is 0 Å². The van der Waals surface area contributed by atoms with Crippen LogP contribution in [0.2, 0.25) is 0 Å². The van der Waals surface area contributed by atoms with Crippen molar-refractivity contribution in [3.8, 4) is 0 Å². The molecule has 1 amide bonds. The van der Waals surface area contributed by atoms with Crippen LogP contribution in [-0.2, 0) is 16.1 Å². The molecule has 0 aromatic carbocycles. The normalized spacial score (nSPS) is 10.8. The lowest BCUT2D eigenvalue weighted by atomic mass is 10.1. The molecule has 0 radical (unpaired) electrons. The Labute approximate surface area is 203 Å². The summed E-state index contributed by atoms with van der Waals surface area (Å²) in [6.07, 6.45) is 1.52. The van der Waals surface area contributed by atoms with Crippen LogP contribution in [0.4, 0.5) is 10.7 Å². The molecular weight excluding hydrogens is 480 g/mol. The number of nitro groups is 1. The van der Waals surface area contributed by atoms with Gasteiger partial charge in [0, 0.05) is 6.20 Å². The van der Waals surface area contributed by atoms with Gasteiger partial charge < -0.3 is 14.8 Å². The number of aryl methyl sites for hydroxylation is 1. The van der Waals surface area contributed by atoms with Gasteiger partial charge in [0.2, 0.25) is 0 Å². The second-order valence-corrected chi connectivity index (χ2v) is 8.33. The molecule has 0 aliphatic rings. The van der Waals surface area contributed by atoms with E-state index in [0.29, 0.717) is 11.3 Å². The Hall–Kier alpha value is -4.07. The lowest BCUT2D eigenvalue weighted by Gasteiger charge is -2.06. The third kappa shape index (κ3) is 5.21. The van der Waals surface area contributed by atoms with E-state index in [1.165, 1.54) is 28.6 Å². The molecule has 3 rings (SSSR count). The van der Waals surface area contributed by atoms with Crippen LogP contribution in [0.1, 0.15) is 61.3 Å². The molecule has 3 heterocycles. The van der Waals surface area contributed by atoms with Gasteiger partial charge in [0.05, 0.1) is 23.7 Å². The highest BCUT2D eigenvalue weighted by molar-refractivity contribution is 7.18. The van der Waals surface area contributed by atoms with Crippen LogP contribution in [0.3, 0.4) is 0 Å². The van der Waals surface area contributed by atoms with Gasteiger partial charge >= 0.3 is 17.6 Å².